The molecule has 2 unspecified atom stereocenters. The number of amides is 1. The number of halogens is 2. The zero-order chi connectivity index (χ0) is 24.2. The summed E-state index contributed by atoms with van der Waals surface area (Å²) in [6.07, 6.45) is 6.43. The van der Waals surface area contributed by atoms with Crippen LogP contribution in [0.4, 0.5) is 14.6 Å². The number of nitrogens with zero attached hydrogens (tertiary/aromatic N) is 4. The normalized spacial score (nSPS) is 22.6. The fourth-order valence-electron chi connectivity index (χ4n) is 3.23. The molecule has 0 aromatic carbocycles. The van der Waals surface area contributed by atoms with Crippen molar-refractivity contribution in [2.24, 2.45) is 21.8 Å². The lowest BCUT2D eigenvalue weighted by Crippen LogP contribution is -2.34. The number of aromatic nitrogens is 2. The summed E-state index contributed by atoms with van der Waals surface area (Å²) < 4.78 is 26.3. The van der Waals surface area contributed by atoms with Gasteiger partial charge in [-0.2, -0.15) is 0 Å². The van der Waals surface area contributed by atoms with Gasteiger partial charge in [0.25, 0.3) is 5.92 Å². The lowest BCUT2D eigenvalue weighted by atomic mass is 10.0. The van der Waals surface area contributed by atoms with Crippen molar-refractivity contribution in [3.05, 3.63) is 47.8 Å². The number of rotatable bonds is 8. The molecule has 0 bridgehead atoms. The van der Waals surface area contributed by atoms with Crippen molar-refractivity contribution in [1.82, 2.24) is 20.6 Å². The van der Waals surface area contributed by atoms with Crippen molar-refractivity contribution < 1.29 is 18.8 Å². The number of carbonyl (C=O) groups is 1. The van der Waals surface area contributed by atoms with Gasteiger partial charge in [-0.15, -0.1) is 0 Å². The summed E-state index contributed by atoms with van der Waals surface area (Å²) in [6, 6.07) is 1.18. The van der Waals surface area contributed by atoms with Crippen LogP contribution < -0.4 is 21.7 Å². The monoisotopic (exact) mass is 460 g/mol. The number of nitrogens with one attached hydrogen (secondary N) is 3. The zero-order valence-electron chi connectivity index (χ0n) is 18.4. The summed E-state index contributed by atoms with van der Waals surface area (Å²) in [5.41, 5.74) is 8.97. The topological polar surface area (TPSA) is 150 Å². The van der Waals surface area contributed by atoms with E-state index in [1.54, 1.807) is 19.4 Å². The Hall–Kier alpha value is -3.83. The fraction of sp³-hybridized carbons (Fsp3) is 0.381. The third-order valence-electron chi connectivity index (χ3n) is 5.21. The van der Waals surface area contributed by atoms with E-state index < -0.39 is 24.2 Å². The summed E-state index contributed by atoms with van der Waals surface area (Å²) in [6.45, 7) is 3.74. The van der Waals surface area contributed by atoms with E-state index in [2.05, 4.69) is 36.1 Å². The SMILES string of the molecule is CC/C(=N\O)C1C=C(C)C(N=C(N)/C(=C\NC)c2cc(NC(=O)C3CC3(F)F)ncn2)=CN1. The van der Waals surface area contributed by atoms with Crippen LogP contribution in [0.5, 0.6) is 0 Å². The first-order valence-electron chi connectivity index (χ1n) is 10.3. The first-order chi connectivity index (χ1) is 15.7. The summed E-state index contributed by atoms with van der Waals surface area (Å²) in [4.78, 5) is 24.6. The Labute approximate surface area is 189 Å². The molecule has 0 saturated heterocycles. The van der Waals surface area contributed by atoms with Crippen LogP contribution in [0.2, 0.25) is 0 Å². The van der Waals surface area contributed by atoms with Gasteiger partial charge in [0.2, 0.25) is 5.91 Å². The number of amidine groups is 1. The van der Waals surface area contributed by atoms with Gasteiger partial charge in [0.05, 0.1) is 28.7 Å². The molecule has 2 heterocycles. The highest BCUT2D eigenvalue weighted by molar-refractivity contribution is 6.21. The highest BCUT2D eigenvalue weighted by Gasteiger charge is 2.61. The molecule has 6 N–H and O–H groups in total. The molecule has 0 radical (unpaired) electrons. The van der Waals surface area contributed by atoms with E-state index in [1.807, 2.05) is 19.9 Å². The van der Waals surface area contributed by atoms with Gasteiger partial charge in [0.15, 0.2) is 0 Å². The molecule has 12 heteroatoms. The smallest absolute Gasteiger partial charge is 0.260 e. The molecule has 1 fully saturated rings. The number of oxime groups is 1. The van der Waals surface area contributed by atoms with Crippen molar-refractivity contribution >= 4 is 28.8 Å². The van der Waals surface area contributed by atoms with Crippen molar-refractivity contribution in [3.63, 3.8) is 0 Å². The van der Waals surface area contributed by atoms with Gasteiger partial charge in [-0.3, -0.25) is 4.79 Å². The maximum Gasteiger partial charge on any atom is 0.260 e. The number of aliphatic imine (C=N–C) groups is 1. The molecule has 33 heavy (non-hydrogen) atoms. The van der Waals surface area contributed by atoms with Gasteiger partial charge in [-0.1, -0.05) is 18.2 Å². The van der Waals surface area contributed by atoms with Crippen molar-refractivity contribution in [2.45, 2.75) is 38.7 Å². The molecule has 1 aromatic rings. The second-order valence-electron chi connectivity index (χ2n) is 7.61. The van der Waals surface area contributed by atoms with Crippen LogP contribution in [0, 0.1) is 5.92 Å². The van der Waals surface area contributed by atoms with Crippen LogP contribution in [0.15, 0.2) is 52.3 Å². The number of carbonyl (C=O) groups excluding carboxylic acids is 1. The number of nitrogens with two attached hydrogens (primary N) is 1. The van der Waals surface area contributed by atoms with Gasteiger partial charge in [-0.25, -0.2) is 23.7 Å². The van der Waals surface area contributed by atoms with Crippen molar-refractivity contribution in [3.8, 4) is 0 Å². The highest BCUT2D eigenvalue weighted by atomic mass is 19.3. The first-order valence-corrected chi connectivity index (χ1v) is 10.3. The Morgan fingerprint density at radius 3 is 2.76 bits per heavy atom. The van der Waals surface area contributed by atoms with E-state index in [0.29, 0.717) is 29.1 Å². The van der Waals surface area contributed by atoms with Crippen molar-refractivity contribution in [1.29, 1.82) is 0 Å². The number of alkyl halides is 2. The lowest BCUT2D eigenvalue weighted by Gasteiger charge is -2.21. The standard InChI is InChI=1S/C21H26F2N8O2/c1-4-14(31-33)16-5-11(2)17(9-26-16)29-19(24)12(8-25-3)15-6-18(28-10-27-15)30-20(32)13-7-21(13,22)23/h5-6,8-10,13,16,25-26,33H,4,7H2,1-3H3,(H2,24,29)(H,27,28,30,32)/b12-8-,31-14+. The molecular weight excluding hydrogens is 434 g/mol. The quantitative estimate of drug-likeness (QED) is 0.172. The minimum atomic E-state index is -2.97. The zero-order valence-corrected chi connectivity index (χ0v) is 18.4. The highest BCUT2D eigenvalue weighted by Crippen LogP contribution is 2.49. The predicted molar refractivity (Wildman–Crippen MR) is 121 cm³/mol. The number of dihydropyridines is 1. The predicted octanol–water partition coefficient (Wildman–Crippen LogP) is 1.99. The molecule has 176 valence electrons. The third-order valence-corrected chi connectivity index (χ3v) is 5.21. The van der Waals surface area contributed by atoms with Crippen LogP contribution in [0.1, 0.15) is 32.4 Å². The molecule has 2 aliphatic rings. The molecule has 1 amide bonds. The summed E-state index contributed by atoms with van der Waals surface area (Å²) in [5, 5.41) is 20.8. The average molecular weight is 460 g/mol. The number of hydrogen-bond acceptors (Lipinski definition) is 8. The largest absolute Gasteiger partial charge is 0.411 e. The van der Waals surface area contributed by atoms with Gasteiger partial charge in [0.1, 0.15) is 23.9 Å². The molecule has 2 atom stereocenters. The van der Waals surface area contributed by atoms with Gasteiger partial charge in [0, 0.05) is 31.9 Å². The Kier molecular flexibility index (Phi) is 7.04. The van der Waals surface area contributed by atoms with Gasteiger partial charge in [-0.05, 0) is 18.9 Å². The Bertz CT molecular complexity index is 1080. The third kappa shape index (κ3) is 5.51. The molecule has 1 aliphatic carbocycles. The van der Waals surface area contributed by atoms with Crippen molar-refractivity contribution in [2.75, 3.05) is 12.4 Å². The fourth-order valence-corrected chi connectivity index (χ4v) is 3.23. The van der Waals surface area contributed by atoms with E-state index in [1.165, 1.54) is 12.4 Å². The molecule has 10 nitrogen and oxygen atoms in total. The summed E-state index contributed by atoms with van der Waals surface area (Å²) in [5.74, 6) is -4.91. The first kappa shape index (κ1) is 23.8. The Morgan fingerprint density at radius 2 is 2.18 bits per heavy atom. The molecular formula is C21H26F2N8O2. The molecule has 1 saturated carbocycles. The van der Waals surface area contributed by atoms with E-state index in [4.69, 9.17) is 10.9 Å². The summed E-state index contributed by atoms with van der Waals surface area (Å²) in [7, 11) is 1.67. The van der Waals surface area contributed by atoms with Crippen LogP contribution in [-0.4, -0.2) is 51.6 Å². The lowest BCUT2D eigenvalue weighted by molar-refractivity contribution is -0.119. The van der Waals surface area contributed by atoms with Crippen LogP contribution in [0.3, 0.4) is 0 Å². The van der Waals surface area contributed by atoms with Crippen LogP contribution in [-0.2, 0) is 4.79 Å². The minimum Gasteiger partial charge on any atom is -0.411 e. The number of hydrogen-bond donors (Lipinski definition) is 5. The molecule has 0 spiro atoms. The average Bonchev–Trinajstić information content (AvgIpc) is 3.43. The maximum atomic E-state index is 13.1. The van der Waals surface area contributed by atoms with Gasteiger partial charge >= 0.3 is 0 Å². The van der Waals surface area contributed by atoms with E-state index >= 15 is 0 Å². The molecule has 3 rings (SSSR count). The second kappa shape index (κ2) is 9.76. The Morgan fingerprint density at radius 1 is 1.45 bits per heavy atom. The Balaban J connectivity index is 1.81. The van der Waals surface area contributed by atoms with E-state index in [0.717, 1.165) is 5.57 Å². The molecule has 1 aliphatic heterocycles. The van der Waals surface area contributed by atoms with E-state index in [9.17, 15) is 13.6 Å². The van der Waals surface area contributed by atoms with Crippen LogP contribution in [0.25, 0.3) is 5.57 Å². The molecule has 1 aromatic heterocycles. The van der Waals surface area contributed by atoms with Crippen LogP contribution >= 0.6 is 0 Å². The number of allylic oxidation sites excluding steroid dienone is 1. The van der Waals surface area contributed by atoms with E-state index in [-0.39, 0.29) is 17.7 Å². The summed E-state index contributed by atoms with van der Waals surface area (Å²) >= 11 is 0. The number of anilines is 1. The maximum absolute atomic E-state index is 13.1. The second-order valence-corrected chi connectivity index (χ2v) is 7.61. The minimum absolute atomic E-state index is 0.0790. The van der Waals surface area contributed by atoms with Gasteiger partial charge < -0.3 is 26.9 Å².